The van der Waals surface area contributed by atoms with Crippen molar-refractivity contribution in [2.75, 3.05) is 20.2 Å². The van der Waals surface area contributed by atoms with E-state index in [1.54, 1.807) is 20.8 Å². The minimum absolute atomic E-state index is 0.165. The number of methoxy groups -OCH3 is 1. The number of terminal acetylenes is 1. The number of alkyl carbamates (subject to hydrolysis) is 1. The van der Waals surface area contributed by atoms with Gasteiger partial charge in [0.05, 0.1) is 7.11 Å². The van der Waals surface area contributed by atoms with E-state index in [-0.39, 0.29) is 38.1 Å². The predicted molar refractivity (Wildman–Crippen MR) is 172 cm³/mol. The van der Waals surface area contributed by atoms with Gasteiger partial charge in [-0.2, -0.15) is 0 Å². The van der Waals surface area contributed by atoms with Crippen LogP contribution >= 0.6 is 0 Å². The Morgan fingerprint density at radius 2 is 1.57 bits per heavy atom. The Morgan fingerprint density at radius 1 is 0.935 bits per heavy atom. The number of carbonyl (C=O) groups is 5. The molecule has 14 nitrogen and oxygen atoms in total. The Hall–Kier alpha value is -4.76. The molecule has 3 atom stereocenters. The molecule has 0 aliphatic rings. The molecule has 14 heteroatoms. The number of hydrogen-bond acceptors (Lipinski definition) is 8. The fourth-order valence-corrected chi connectivity index (χ4v) is 4.25. The van der Waals surface area contributed by atoms with E-state index in [4.69, 9.17) is 21.4 Å². The summed E-state index contributed by atoms with van der Waals surface area (Å²) in [6.45, 7) is 5.72. The van der Waals surface area contributed by atoms with Crippen LogP contribution in [0.5, 0.6) is 0 Å². The molecule has 0 aromatic heterocycles. The summed E-state index contributed by atoms with van der Waals surface area (Å²) in [5.41, 5.74) is 8.95. The van der Waals surface area contributed by atoms with Gasteiger partial charge in [-0.05, 0) is 76.8 Å². The number of nitrogens with zero attached hydrogens (tertiary/aromatic N) is 3. The molecule has 0 saturated heterocycles. The number of unbranched alkanes of at least 4 members (excludes halogenated alkanes) is 2. The molecule has 46 heavy (non-hydrogen) atoms. The zero-order valence-electron chi connectivity index (χ0n) is 27.2. The Kier molecular flexibility index (Phi) is 18.7. The molecule has 0 aliphatic heterocycles. The van der Waals surface area contributed by atoms with E-state index >= 15 is 0 Å². The minimum atomic E-state index is -1.01. The minimum Gasteiger partial charge on any atom is -0.467 e. The average Bonchev–Trinajstić information content (AvgIpc) is 3.01. The molecule has 1 aromatic carbocycles. The van der Waals surface area contributed by atoms with Crippen molar-refractivity contribution >= 4 is 29.8 Å². The molecule has 1 rings (SSSR count). The summed E-state index contributed by atoms with van der Waals surface area (Å²) in [5, 5.41) is 14.4. The van der Waals surface area contributed by atoms with Gasteiger partial charge in [-0.3, -0.25) is 14.4 Å². The van der Waals surface area contributed by atoms with Crippen LogP contribution in [0.1, 0.15) is 77.7 Å². The monoisotopic (exact) mass is 641 g/mol. The van der Waals surface area contributed by atoms with Crippen molar-refractivity contribution in [3.8, 4) is 12.3 Å². The van der Waals surface area contributed by atoms with Crippen LogP contribution in [0.4, 0.5) is 4.79 Å². The first kappa shape index (κ1) is 39.3. The number of carbonyl (C=O) groups excluding carboxylic acids is 5. The van der Waals surface area contributed by atoms with E-state index in [0.29, 0.717) is 38.6 Å². The van der Waals surface area contributed by atoms with E-state index < -0.39 is 47.6 Å². The SMILES string of the molecule is C#CCCC(=O)NCCCC[C@H](NC(=O)OC(C)(C)C)C(=O)N[C@@H](CCCCNC(=O)[C@H](Cc1ccccc1)N=[N+]=[N-])C(=O)OC. The molecule has 0 saturated carbocycles. The molecular formula is C32H47N7O7. The van der Waals surface area contributed by atoms with Gasteiger partial charge in [0.1, 0.15) is 23.7 Å². The number of azide groups is 1. The molecule has 4 N–H and O–H groups in total. The fourth-order valence-electron chi connectivity index (χ4n) is 4.25. The van der Waals surface area contributed by atoms with E-state index in [0.717, 1.165) is 5.56 Å². The summed E-state index contributed by atoms with van der Waals surface area (Å²) in [7, 11) is 1.21. The lowest BCUT2D eigenvalue weighted by atomic mass is 10.1. The van der Waals surface area contributed by atoms with Crippen LogP contribution in [0.3, 0.4) is 0 Å². The molecule has 0 aliphatic carbocycles. The molecule has 0 unspecified atom stereocenters. The zero-order valence-corrected chi connectivity index (χ0v) is 27.2. The maximum Gasteiger partial charge on any atom is 0.408 e. The number of benzene rings is 1. The molecule has 0 spiro atoms. The Bertz CT molecular complexity index is 1220. The third kappa shape index (κ3) is 17.5. The average molecular weight is 642 g/mol. The lowest BCUT2D eigenvalue weighted by Crippen LogP contribution is -2.52. The first-order chi connectivity index (χ1) is 21.9. The number of amides is 4. The summed E-state index contributed by atoms with van der Waals surface area (Å²) in [4.78, 5) is 65.4. The van der Waals surface area contributed by atoms with E-state index in [1.165, 1.54) is 7.11 Å². The number of hydrogen-bond donors (Lipinski definition) is 4. The van der Waals surface area contributed by atoms with Crippen LogP contribution in [-0.2, 0) is 35.1 Å². The molecule has 0 heterocycles. The quantitative estimate of drug-likeness (QED) is 0.0417. The summed E-state index contributed by atoms with van der Waals surface area (Å²) < 4.78 is 10.2. The van der Waals surface area contributed by atoms with Crippen LogP contribution in [0, 0.1) is 12.3 Å². The third-order valence-electron chi connectivity index (χ3n) is 6.53. The van der Waals surface area contributed by atoms with E-state index in [2.05, 4.69) is 37.2 Å². The van der Waals surface area contributed by atoms with Crippen LogP contribution in [0.2, 0.25) is 0 Å². The normalized spacial score (nSPS) is 12.6. The third-order valence-corrected chi connectivity index (χ3v) is 6.53. The maximum atomic E-state index is 13.3. The first-order valence-electron chi connectivity index (χ1n) is 15.3. The fraction of sp³-hybridized carbons (Fsp3) is 0.594. The second kappa shape index (κ2) is 21.9. The van der Waals surface area contributed by atoms with Crippen LogP contribution in [0.25, 0.3) is 10.4 Å². The van der Waals surface area contributed by atoms with E-state index in [1.807, 2.05) is 30.3 Å². The standard InChI is InChI=1S/C32H47N7O7/c1-6-7-19-27(40)34-20-13-11-17-24(37-31(44)46-32(2,3)4)29(42)36-25(30(43)45-5)18-12-14-21-35-28(41)26(38-39-33)22-23-15-9-8-10-16-23/h1,8-10,15-16,24-26H,7,11-14,17-22H2,2-5H3,(H,34,40)(H,35,41)(H,36,42)(H,37,44)/t24-,25-,26-/m0/s1. The maximum absolute atomic E-state index is 13.3. The smallest absolute Gasteiger partial charge is 0.408 e. The molecule has 4 amide bonds. The number of nitrogens with one attached hydrogen (secondary N) is 4. The Labute approximate surface area is 270 Å². The van der Waals surface area contributed by atoms with Crippen molar-refractivity contribution in [3.05, 3.63) is 46.3 Å². The second-order valence-corrected chi connectivity index (χ2v) is 11.5. The molecular weight excluding hydrogens is 594 g/mol. The lowest BCUT2D eigenvalue weighted by Gasteiger charge is -2.25. The van der Waals surface area contributed by atoms with Gasteiger partial charge in [0.2, 0.25) is 17.7 Å². The van der Waals surface area contributed by atoms with Crippen LogP contribution in [0.15, 0.2) is 35.4 Å². The number of esters is 1. The van der Waals surface area contributed by atoms with Crippen molar-refractivity contribution < 1.29 is 33.4 Å². The highest BCUT2D eigenvalue weighted by Gasteiger charge is 2.28. The van der Waals surface area contributed by atoms with Crippen LogP contribution < -0.4 is 21.3 Å². The second-order valence-electron chi connectivity index (χ2n) is 11.5. The molecule has 0 fully saturated rings. The van der Waals surface area contributed by atoms with Crippen molar-refractivity contribution in [1.82, 2.24) is 21.3 Å². The first-order valence-corrected chi connectivity index (χ1v) is 15.3. The van der Waals surface area contributed by atoms with Crippen molar-refractivity contribution in [3.63, 3.8) is 0 Å². The van der Waals surface area contributed by atoms with Gasteiger partial charge in [-0.25, -0.2) is 9.59 Å². The van der Waals surface area contributed by atoms with Gasteiger partial charge in [-0.15, -0.1) is 12.3 Å². The number of rotatable bonds is 20. The highest BCUT2D eigenvalue weighted by Crippen LogP contribution is 2.11. The van der Waals surface area contributed by atoms with Crippen molar-refractivity contribution in [2.45, 2.75) is 102 Å². The topological polar surface area (TPSA) is 201 Å². The van der Waals surface area contributed by atoms with Crippen LogP contribution in [-0.4, -0.2) is 73.7 Å². The van der Waals surface area contributed by atoms with Crippen molar-refractivity contribution in [1.29, 1.82) is 0 Å². The zero-order chi connectivity index (χ0) is 34.4. The summed E-state index contributed by atoms with van der Waals surface area (Å²) in [6.07, 6.45) is 7.58. The summed E-state index contributed by atoms with van der Waals surface area (Å²) >= 11 is 0. The largest absolute Gasteiger partial charge is 0.467 e. The summed E-state index contributed by atoms with van der Waals surface area (Å²) in [6, 6.07) is 6.27. The van der Waals surface area contributed by atoms with Gasteiger partial charge in [0, 0.05) is 30.8 Å². The van der Waals surface area contributed by atoms with Gasteiger partial charge in [-0.1, -0.05) is 35.4 Å². The lowest BCUT2D eigenvalue weighted by molar-refractivity contribution is -0.145. The highest BCUT2D eigenvalue weighted by molar-refractivity contribution is 5.89. The highest BCUT2D eigenvalue weighted by atomic mass is 16.6. The van der Waals surface area contributed by atoms with Gasteiger partial charge < -0.3 is 30.7 Å². The van der Waals surface area contributed by atoms with Gasteiger partial charge >= 0.3 is 12.1 Å². The molecule has 0 radical (unpaired) electrons. The predicted octanol–water partition coefficient (Wildman–Crippen LogP) is 3.45. The van der Waals surface area contributed by atoms with Gasteiger partial charge in [0.25, 0.3) is 0 Å². The van der Waals surface area contributed by atoms with E-state index in [9.17, 15) is 24.0 Å². The van der Waals surface area contributed by atoms with Crippen molar-refractivity contribution in [2.24, 2.45) is 5.11 Å². The van der Waals surface area contributed by atoms with Gasteiger partial charge in [0.15, 0.2) is 0 Å². The molecule has 252 valence electrons. The Balaban J connectivity index is 2.71. The molecule has 1 aromatic rings. The Morgan fingerprint density at radius 3 is 2.15 bits per heavy atom. The summed E-state index contributed by atoms with van der Waals surface area (Å²) in [5.74, 6) is 0.578. The number of ether oxygens (including phenoxy) is 2. The molecule has 0 bridgehead atoms.